The standard InChI is InChI=1S/C20H25NO3/c1-20(2,3)24-19(22)21(4)14-17-12-8-9-13-18(17)23-15-16-10-6-5-7-11-16/h5-13H,14-15H2,1-4H3. The molecule has 0 N–H and O–H groups in total. The Morgan fingerprint density at radius 3 is 2.29 bits per heavy atom. The first-order valence-electron chi connectivity index (χ1n) is 8.04. The van der Waals surface area contributed by atoms with Crippen LogP contribution >= 0.6 is 0 Å². The van der Waals surface area contributed by atoms with Crippen molar-refractivity contribution in [3.8, 4) is 5.75 Å². The van der Waals surface area contributed by atoms with E-state index in [2.05, 4.69) is 0 Å². The van der Waals surface area contributed by atoms with E-state index in [9.17, 15) is 4.79 Å². The summed E-state index contributed by atoms with van der Waals surface area (Å²) in [6.45, 7) is 6.49. The highest BCUT2D eigenvalue weighted by Gasteiger charge is 2.20. The SMILES string of the molecule is CN(Cc1ccccc1OCc1ccccc1)C(=O)OC(C)(C)C. The van der Waals surface area contributed by atoms with Crippen molar-refractivity contribution >= 4 is 6.09 Å². The second-order valence-corrected chi connectivity index (χ2v) is 6.72. The van der Waals surface area contributed by atoms with Gasteiger partial charge >= 0.3 is 6.09 Å². The molecule has 0 spiro atoms. The first-order valence-corrected chi connectivity index (χ1v) is 8.04. The van der Waals surface area contributed by atoms with Crippen LogP contribution in [0.2, 0.25) is 0 Å². The molecule has 2 aromatic carbocycles. The summed E-state index contributed by atoms with van der Waals surface area (Å²) < 4.78 is 11.3. The van der Waals surface area contributed by atoms with Crippen molar-refractivity contribution in [1.82, 2.24) is 4.90 Å². The molecule has 0 aromatic heterocycles. The Morgan fingerprint density at radius 2 is 1.62 bits per heavy atom. The largest absolute Gasteiger partial charge is 0.489 e. The highest BCUT2D eigenvalue weighted by molar-refractivity contribution is 5.67. The molecule has 4 nitrogen and oxygen atoms in total. The summed E-state index contributed by atoms with van der Waals surface area (Å²) in [7, 11) is 1.72. The van der Waals surface area contributed by atoms with Crippen LogP contribution in [0.1, 0.15) is 31.9 Å². The van der Waals surface area contributed by atoms with Crippen molar-refractivity contribution in [2.75, 3.05) is 7.05 Å². The average molecular weight is 327 g/mol. The van der Waals surface area contributed by atoms with E-state index in [1.807, 2.05) is 75.4 Å². The monoisotopic (exact) mass is 327 g/mol. The Balaban J connectivity index is 2.01. The summed E-state index contributed by atoms with van der Waals surface area (Å²) in [4.78, 5) is 13.7. The van der Waals surface area contributed by atoms with Gasteiger partial charge in [-0.25, -0.2) is 4.79 Å². The predicted octanol–water partition coefficient (Wildman–Crippen LogP) is 4.63. The molecule has 0 saturated heterocycles. The number of ether oxygens (including phenoxy) is 2. The molecule has 0 unspecified atom stereocenters. The molecule has 0 radical (unpaired) electrons. The Bertz CT molecular complexity index is 662. The summed E-state index contributed by atoms with van der Waals surface area (Å²) in [5.74, 6) is 0.775. The smallest absolute Gasteiger partial charge is 0.410 e. The molecule has 0 aliphatic carbocycles. The van der Waals surface area contributed by atoms with E-state index in [-0.39, 0.29) is 6.09 Å². The number of hydrogen-bond donors (Lipinski definition) is 0. The predicted molar refractivity (Wildman–Crippen MR) is 94.9 cm³/mol. The molecular weight excluding hydrogens is 302 g/mol. The van der Waals surface area contributed by atoms with Gasteiger partial charge in [0.25, 0.3) is 0 Å². The van der Waals surface area contributed by atoms with Crippen LogP contribution in [0.4, 0.5) is 4.79 Å². The van der Waals surface area contributed by atoms with Gasteiger partial charge in [0.1, 0.15) is 18.0 Å². The van der Waals surface area contributed by atoms with Gasteiger partial charge in [0, 0.05) is 12.6 Å². The van der Waals surface area contributed by atoms with Crippen molar-refractivity contribution in [3.63, 3.8) is 0 Å². The third kappa shape index (κ3) is 5.61. The van der Waals surface area contributed by atoms with Gasteiger partial charge in [-0.05, 0) is 32.4 Å². The van der Waals surface area contributed by atoms with Gasteiger partial charge in [0.05, 0.1) is 6.54 Å². The van der Waals surface area contributed by atoms with E-state index in [0.29, 0.717) is 13.2 Å². The van der Waals surface area contributed by atoms with Gasteiger partial charge in [-0.1, -0.05) is 48.5 Å². The zero-order chi connectivity index (χ0) is 17.6. The number of carbonyl (C=O) groups excluding carboxylic acids is 1. The first kappa shape index (κ1) is 17.9. The molecule has 2 rings (SSSR count). The molecule has 0 bridgehead atoms. The van der Waals surface area contributed by atoms with Gasteiger partial charge in [-0.2, -0.15) is 0 Å². The minimum Gasteiger partial charge on any atom is -0.489 e. The number of nitrogens with zero attached hydrogens (tertiary/aromatic N) is 1. The summed E-state index contributed by atoms with van der Waals surface area (Å²) in [6.07, 6.45) is -0.347. The second kappa shape index (κ2) is 7.86. The van der Waals surface area contributed by atoms with E-state index in [1.165, 1.54) is 0 Å². The fourth-order valence-electron chi connectivity index (χ4n) is 2.17. The topological polar surface area (TPSA) is 38.8 Å². The van der Waals surface area contributed by atoms with Crippen LogP contribution in [-0.2, 0) is 17.9 Å². The molecule has 4 heteroatoms. The lowest BCUT2D eigenvalue weighted by Gasteiger charge is -2.25. The second-order valence-electron chi connectivity index (χ2n) is 6.72. The van der Waals surface area contributed by atoms with Crippen molar-refractivity contribution < 1.29 is 14.3 Å². The van der Waals surface area contributed by atoms with Crippen LogP contribution < -0.4 is 4.74 Å². The van der Waals surface area contributed by atoms with Gasteiger partial charge in [0.15, 0.2) is 0 Å². The van der Waals surface area contributed by atoms with Gasteiger partial charge in [-0.3, -0.25) is 0 Å². The number of amides is 1. The lowest BCUT2D eigenvalue weighted by molar-refractivity contribution is 0.0284. The minimum absolute atomic E-state index is 0.347. The molecule has 2 aromatic rings. The van der Waals surface area contributed by atoms with Gasteiger partial charge in [-0.15, -0.1) is 0 Å². The maximum atomic E-state index is 12.1. The first-order chi connectivity index (χ1) is 11.3. The minimum atomic E-state index is -0.505. The van der Waals surface area contributed by atoms with Crippen molar-refractivity contribution in [3.05, 3.63) is 65.7 Å². The van der Waals surface area contributed by atoms with Crippen molar-refractivity contribution in [2.24, 2.45) is 0 Å². The zero-order valence-electron chi connectivity index (χ0n) is 14.8. The molecule has 0 saturated carbocycles. The van der Waals surface area contributed by atoms with Gasteiger partial charge < -0.3 is 14.4 Å². The quantitative estimate of drug-likeness (QED) is 0.803. The molecule has 0 fully saturated rings. The van der Waals surface area contributed by atoms with Crippen LogP contribution in [-0.4, -0.2) is 23.6 Å². The number of para-hydroxylation sites is 1. The molecule has 1 amide bonds. The summed E-state index contributed by atoms with van der Waals surface area (Å²) >= 11 is 0. The number of hydrogen-bond acceptors (Lipinski definition) is 3. The van der Waals surface area contributed by atoms with Crippen molar-refractivity contribution in [1.29, 1.82) is 0 Å². The van der Waals surface area contributed by atoms with Gasteiger partial charge in [0.2, 0.25) is 0 Å². The molecule has 0 aliphatic rings. The zero-order valence-corrected chi connectivity index (χ0v) is 14.8. The highest BCUT2D eigenvalue weighted by atomic mass is 16.6. The third-order valence-electron chi connectivity index (χ3n) is 3.32. The summed E-state index contributed by atoms with van der Waals surface area (Å²) in [5, 5.41) is 0. The summed E-state index contributed by atoms with van der Waals surface area (Å²) in [5.41, 5.74) is 1.55. The lowest BCUT2D eigenvalue weighted by atomic mass is 10.2. The van der Waals surface area contributed by atoms with E-state index in [4.69, 9.17) is 9.47 Å². The van der Waals surface area contributed by atoms with Crippen LogP contribution in [0, 0.1) is 0 Å². The fourth-order valence-corrected chi connectivity index (χ4v) is 2.17. The van der Waals surface area contributed by atoms with E-state index >= 15 is 0 Å². The third-order valence-corrected chi connectivity index (χ3v) is 3.32. The van der Waals surface area contributed by atoms with Crippen LogP contribution in [0.5, 0.6) is 5.75 Å². The van der Waals surface area contributed by atoms with E-state index in [0.717, 1.165) is 16.9 Å². The molecule has 0 atom stereocenters. The average Bonchev–Trinajstić information content (AvgIpc) is 2.53. The van der Waals surface area contributed by atoms with Crippen LogP contribution in [0.25, 0.3) is 0 Å². The summed E-state index contributed by atoms with van der Waals surface area (Å²) in [6, 6.07) is 17.7. The number of carbonyl (C=O) groups is 1. The fraction of sp³-hybridized carbons (Fsp3) is 0.350. The Kier molecular flexibility index (Phi) is 5.85. The molecule has 128 valence electrons. The van der Waals surface area contributed by atoms with E-state index in [1.54, 1.807) is 11.9 Å². The molecular formula is C20H25NO3. The normalized spacial score (nSPS) is 11.0. The molecule has 0 aliphatic heterocycles. The van der Waals surface area contributed by atoms with Crippen molar-refractivity contribution in [2.45, 2.75) is 39.5 Å². The maximum absolute atomic E-state index is 12.1. The highest BCUT2D eigenvalue weighted by Crippen LogP contribution is 2.21. The molecule has 24 heavy (non-hydrogen) atoms. The Morgan fingerprint density at radius 1 is 1.00 bits per heavy atom. The Labute approximate surface area is 144 Å². The Hall–Kier alpha value is -2.49. The van der Waals surface area contributed by atoms with Crippen LogP contribution in [0.3, 0.4) is 0 Å². The maximum Gasteiger partial charge on any atom is 0.410 e. The van der Waals surface area contributed by atoms with Crippen LogP contribution in [0.15, 0.2) is 54.6 Å². The van der Waals surface area contributed by atoms with E-state index < -0.39 is 5.60 Å². The number of benzene rings is 2. The number of rotatable bonds is 5. The lowest BCUT2D eigenvalue weighted by Crippen LogP contribution is -2.33. The molecule has 0 heterocycles.